The van der Waals surface area contributed by atoms with Gasteiger partial charge in [0.25, 0.3) is 0 Å². The van der Waals surface area contributed by atoms with Gasteiger partial charge in [0.15, 0.2) is 0 Å². The minimum atomic E-state index is -0.646. The molecular formula is C16H31NO2S. The third-order valence-electron chi connectivity index (χ3n) is 4.60. The van der Waals surface area contributed by atoms with Crippen molar-refractivity contribution in [1.29, 1.82) is 0 Å². The second-order valence-corrected chi connectivity index (χ2v) is 7.32. The van der Waals surface area contributed by atoms with E-state index in [0.29, 0.717) is 5.92 Å². The molecule has 3 unspecified atom stereocenters. The van der Waals surface area contributed by atoms with Crippen LogP contribution in [0, 0.1) is 11.8 Å². The standard InChI is InChI=1S/C16H31NO2S/c1-4-10-17-16(15(18)19)9-6-7-14(16)8-11-20-12-13(3)5-2/h13-14,17H,4-12H2,1-3H3,(H,18,19). The lowest BCUT2D eigenvalue weighted by atomic mass is 9.85. The van der Waals surface area contributed by atoms with Crippen molar-refractivity contribution in [2.45, 2.75) is 64.8 Å². The summed E-state index contributed by atoms with van der Waals surface area (Å²) >= 11 is 1.99. The van der Waals surface area contributed by atoms with Gasteiger partial charge in [0.05, 0.1) is 0 Å². The molecule has 4 heteroatoms. The molecule has 0 aromatic rings. The molecule has 1 saturated carbocycles. The third kappa shape index (κ3) is 4.66. The molecule has 118 valence electrons. The predicted molar refractivity (Wildman–Crippen MR) is 87.4 cm³/mol. The maximum absolute atomic E-state index is 11.8. The second kappa shape index (κ2) is 8.93. The van der Waals surface area contributed by atoms with Crippen LogP contribution < -0.4 is 5.32 Å². The highest BCUT2D eigenvalue weighted by atomic mass is 32.2. The largest absolute Gasteiger partial charge is 0.480 e. The van der Waals surface area contributed by atoms with Gasteiger partial charge in [0, 0.05) is 0 Å². The van der Waals surface area contributed by atoms with E-state index >= 15 is 0 Å². The van der Waals surface area contributed by atoms with Crippen LogP contribution in [0.4, 0.5) is 0 Å². The topological polar surface area (TPSA) is 49.3 Å². The highest BCUT2D eigenvalue weighted by Gasteiger charge is 2.48. The first-order valence-electron chi connectivity index (χ1n) is 8.13. The number of carbonyl (C=O) groups is 1. The molecule has 20 heavy (non-hydrogen) atoms. The van der Waals surface area contributed by atoms with Crippen molar-refractivity contribution >= 4 is 17.7 Å². The molecule has 0 bridgehead atoms. The van der Waals surface area contributed by atoms with E-state index in [1.165, 1.54) is 12.2 Å². The van der Waals surface area contributed by atoms with E-state index in [1.54, 1.807) is 0 Å². The Hall–Kier alpha value is -0.220. The van der Waals surface area contributed by atoms with Crippen LogP contribution in [0.15, 0.2) is 0 Å². The van der Waals surface area contributed by atoms with Crippen molar-refractivity contribution in [2.24, 2.45) is 11.8 Å². The van der Waals surface area contributed by atoms with Gasteiger partial charge in [-0.05, 0) is 55.6 Å². The average Bonchev–Trinajstić information content (AvgIpc) is 2.85. The first kappa shape index (κ1) is 17.8. The lowest BCUT2D eigenvalue weighted by Gasteiger charge is -2.32. The summed E-state index contributed by atoms with van der Waals surface area (Å²) in [6, 6.07) is 0. The van der Waals surface area contributed by atoms with Crippen LogP contribution in [0.1, 0.15) is 59.3 Å². The second-order valence-electron chi connectivity index (χ2n) is 6.17. The summed E-state index contributed by atoms with van der Waals surface area (Å²) in [6.45, 7) is 7.41. The van der Waals surface area contributed by atoms with Gasteiger partial charge in [-0.25, -0.2) is 0 Å². The molecular weight excluding hydrogens is 270 g/mol. The van der Waals surface area contributed by atoms with E-state index in [0.717, 1.165) is 50.3 Å². The van der Waals surface area contributed by atoms with Crippen molar-refractivity contribution in [3.63, 3.8) is 0 Å². The highest BCUT2D eigenvalue weighted by Crippen LogP contribution is 2.39. The van der Waals surface area contributed by atoms with Gasteiger partial charge in [-0.1, -0.05) is 33.6 Å². The lowest BCUT2D eigenvalue weighted by molar-refractivity contribution is -0.146. The fraction of sp³-hybridized carbons (Fsp3) is 0.938. The number of rotatable bonds is 10. The van der Waals surface area contributed by atoms with Crippen LogP contribution >= 0.6 is 11.8 Å². The monoisotopic (exact) mass is 301 g/mol. The lowest BCUT2D eigenvalue weighted by Crippen LogP contribution is -2.55. The fourth-order valence-corrected chi connectivity index (χ4v) is 4.29. The van der Waals surface area contributed by atoms with Gasteiger partial charge < -0.3 is 10.4 Å². The number of aliphatic carboxylic acids is 1. The molecule has 0 aromatic carbocycles. The smallest absolute Gasteiger partial charge is 0.324 e. The van der Waals surface area contributed by atoms with Crippen molar-refractivity contribution in [2.75, 3.05) is 18.1 Å². The summed E-state index contributed by atoms with van der Waals surface area (Å²) in [5.74, 6) is 2.73. The van der Waals surface area contributed by atoms with Gasteiger partial charge in [-0.15, -0.1) is 0 Å². The van der Waals surface area contributed by atoms with Crippen LogP contribution in [0.3, 0.4) is 0 Å². The number of carboxylic acids is 1. The molecule has 0 saturated heterocycles. The van der Waals surface area contributed by atoms with Gasteiger partial charge in [0.2, 0.25) is 0 Å². The molecule has 0 spiro atoms. The fourth-order valence-electron chi connectivity index (χ4n) is 3.03. The number of hydrogen-bond acceptors (Lipinski definition) is 3. The summed E-state index contributed by atoms with van der Waals surface area (Å²) in [7, 11) is 0. The molecule has 1 fully saturated rings. The molecule has 2 N–H and O–H groups in total. The van der Waals surface area contributed by atoms with Crippen molar-refractivity contribution < 1.29 is 9.90 Å². The van der Waals surface area contributed by atoms with Crippen LogP contribution in [0.5, 0.6) is 0 Å². The molecule has 3 atom stereocenters. The summed E-state index contributed by atoms with van der Waals surface area (Å²) < 4.78 is 0. The zero-order valence-corrected chi connectivity index (χ0v) is 14.1. The number of thioether (sulfide) groups is 1. The molecule has 0 aromatic heterocycles. The molecule has 3 nitrogen and oxygen atoms in total. The Balaban J connectivity index is 2.47. The van der Waals surface area contributed by atoms with Gasteiger partial charge in [-0.3, -0.25) is 4.79 Å². The van der Waals surface area contributed by atoms with Crippen molar-refractivity contribution in [3.05, 3.63) is 0 Å². The first-order chi connectivity index (χ1) is 9.56. The molecule has 1 aliphatic rings. The van der Waals surface area contributed by atoms with E-state index in [2.05, 4.69) is 26.1 Å². The predicted octanol–water partition coefficient (Wildman–Crippen LogP) is 3.78. The Labute approximate surface area is 128 Å². The van der Waals surface area contributed by atoms with Crippen LogP contribution in [-0.2, 0) is 4.79 Å². The Bertz CT molecular complexity index is 298. The van der Waals surface area contributed by atoms with E-state index in [4.69, 9.17) is 0 Å². The van der Waals surface area contributed by atoms with Gasteiger partial charge in [-0.2, -0.15) is 11.8 Å². The van der Waals surface area contributed by atoms with E-state index in [-0.39, 0.29) is 0 Å². The van der Waals surface area contributed by atoms with E-state index in [9.17, 15) is 9.90 Å². The minimum absolute atomic E-state index is 0.302. The SMILES string of the molecule is CCCNC1(C(=O)O)CCCC1CCSCC(C)CC. The Kier molecular flexibility index (Phi) is 7.96. The summed E-state index contributed by atoms with van der Waals surface area (Å²) in [5.41, 5.74) is -0.646. The summed E-state index contributed by atoms with van der Waals surface area (Å²) in [6.07, 6.45) is 6.15. The maximum Gasteiger partial charge on any atom is 0.324 e. The highest BCUT2D eigenvalue weighted by molar-refractivity contribution is 7.99. The molecule has 0 heterocycles. The normalized spacial score (nSPS) is 27.6. The van der Waals surface area contributed by atoms with Crippen molar-refractivity contribution in [3.8, 4) is 0 Å². The summed E-state index contributed by atoms with van der Waals surface area (Å²) in [4.78, 5) is 11.8. The molecule has 1 aliphatic carbocycles. The molecule has 0 aliphatic heterocycles. The van der Waals surface area contributed by atoms with E-state index < -0.39 is 11.5 Å². The average molecular weight is 301 g/mol. The molecule has 0 amide bonds. The minimum Gasteiger partial charge on any atom is -0.480 e. The van der Waals surface area contributed by atoms with Crippen LogP contribution in [0.25, 0.3) is 0 Å². The van der Waals surface area contributed by atoms with Crippen LogP contribution in [0.2, 0.25) is 0 Å². The molecule has 0 radical (unpaired) electrons. The van der Waals surface area contributed by atoms with E-state index in [1.807, 2.05) is 11.8 Å². The zero-order valence-electron chi connectivity index (χ0n) is 13.3. The number of nitrogens with one attached hydrogen (secondary N) is 1. The Morgan fingerprint density at radius 2 is 2.25 bits per heavy atom. The van der Waals surface area contributed by atoms with Crippen LogP contribution in [-0.4, -0.2) is 34.7 Å². The number of hydrogen-bond donors (Lipinski definition) is 2. The summed E-state index contributed by atoms with van der Waals surface area (Å²) in [5, 5.41) is 13.0. The maximum atomic E-state index is 11.8. The van der Waals surface area contributed by atoms with Gasteiger partial charge in [0.1, 0.15) is 5.54 Å². The van der Waals surface area contributed by atoms with Gasteiger partial charge >= 0.3 is 5.97 Å². The first-order valence-corrected chi connectivity index (χ1v) is 9.28. The van der Waals surface area contributed by atoms with Crippen molar-refractivity contribution in [1.82, 2.24) is 5.32 Å². The third-order valence-corrected chi connectivity index (χ3v) is 5.93. The Morgan fingerprint density at radius 3 is 2.85 bits per heavy atom. The zero-order chi connectivity index (χ0) is 15.0. The molecule has 1 rings (SSSR count). The Morgan fingerprint density at radius 1 is 1.50 bits per heavy atom. The number of carboxylic acid groups (broad SMARTS) is 1. The quantitative estimate of drug-likeness (QED) is 0.603.